The number of nitrogens with two attached hydrogens (primary N) is 1. The zero-order valence-corrected chi connectivity index (χ0v) is 9.71. The number of aryl methyl sites for hydroxylation is 1. The number of hydrogen-bond acceptors (Lipinski definition) is 5. The number of aromatic carboxylic acids is 1. The normalized spacial score (nSPS) is 10.1. The molecule has 6 heteroatoms. The molecule has 2 aromatic rings. The van der Waals surface area contributed by atoms with Crippen LogP contribution in [0.3, 0.4) is 0 Å². The summed E-state index contributed by atoms with van der Waals surface area (Å²) in [5.41, 5.74) is 7.26. The molecule has 0 saturated heterocycles. The van der Waals surface area contributed by atoms with Crippen LogP contribution in [0.25, 0.3) is 0 Å². The molecule has 1 heterocycles. The number of hydrogen-bond donors (Lipinski definition) is 3. The van der Waals surface area contributed by atoms with Crippen molar-refractivity contribution in [3.63, 3.8) is 0 Å². The highest BCUT2D eigenvalue weighted by molar-refractivity contribution is 5.88. The fraction of sp³-hybridized carbons (Fsp3) is 0.0833. The molecule has 0 saturated carbocycles. The molecule has 0 radical (unpaired) electrons. The Balaban J connectivity index is 2.20. The van der Waals surface area contributed by atoms with Crippen LogP contribution in [0.15, 0.2) is 30.3 Å². The molecular formula is C12H12N4O2. The van der Waals surface area contributed by atoms with Crippen molar-refractivity contribution >= 4 is 23.4 Å². The molecule has 0 aliphatic rings. The van der Waals surface area contributed by atoms with Crippen molar-refractivity contribution in [1.82, 2.24) is 9.97 Å². The number of aromatic nitrogens is 2. The van der Waals surface area contributed by atoms with Gasteiger partial charge in [-0.2, -0.15) is 4.98 Å². The van der Waals surface area contributed by atoms with Gasteiger partial charge in [-0.05, 0) is 31.2 Å². The maximum atomic E-state index is 10.7. The van der Waals surface area contributed by atoms with E-state index in [4.69, 9.17) is 10.8 Å². The molecule has 0 bridgehead atoms. The van der Waals surface area contributed by atoms with Crippen LogP contribution in [0.5, 0.6) is 0 Å². The van der Waals surface area contributed by atoms with Gasteiger partial charge < -0.3 is 16.2 Å². The number of anilines is 3. The second-order valence-electron chi connectivity index (χ2n) is 3.76. The van der Waals surface area contributed by atoms with Crippen LogP contribution < -0.4 is 11.1 Å². The lowest BCUT2D eigenvalue weighted by atomic mass is 10.2. The smallest absolute Gasteiger partial charge is 0.335 e. The molecule has 0 amide bonds. The number of nitrogen functional groups attached to an aromatic ring is 1. The third-order valence-electron chi connectivity index (χ3n) is 2.28. The molecule has 0 aliphatic carbocycles. The number of benzene rings is 1. The van der Waals surface area contributed by atoms with Crippen molar-refractivity contribution in [1.29, 1.82) is 0 Å². The topological polar surface area (TPSA) is 101 Å². The second-order valence-corrected chi connectivity index (χ2v) is 3.76. The Morgan fingerprint density at radius 3 is 2.50 bits per heavy atom. The standard InChI is InChI=1S/C12H12N4O2/c1-7-6-10(16-12(13)14-7)15-9-4-2-8(3-5-9)11(17)18/h2-6H,1H3,(H,17,18)(H3,13,14,15,16). The molecule has 4 N–H and O–H groups in total. The van der Waals surface area contributed by atoms with Crippen molar-refractivity contribution < 1.29 is 9.90 Å². The van der Waals surface area contributed by atoms with Gasteiger partial charge in [0.15, 0.2) is 0 Å². The van der Waals surface area contributed by atoms with E-state index in [9.17, 15) is 4.79 Å². The van der Waals surface area contributed by atoms with E-state index < -0.39 is 5.97 Å². The molecule has 0 fully saturated rings. The van der Waals surface area contributed by atoms with Gasteiger partial charge in [0.1, 0.15) is 5.82 Å². The number of nitrogens with one attached hydrogen (secondary N) is 1. The summed E-state index contributed by atoms with van der Waals surface area (Å²) in [7, 11) is 0. The van der Waals surface area contributed by atoms with E-state index in [0.717, 1.165) is 11.4 Å². The fourth-order valence-electron chi connectivity index (χ4n) is 1.50. The minimum Gasteiger partial charge on any atom is -0.478 e. The van der Waals surface area contributed by atoms with Gasteiger partial charge in [0.25, 0.3) is 0 Å². The number of carboxylic acid groups (broad SMARTS) is 1. The highest BCUT2D eigenvalue weighted by Gasteiger charge is 2.03. The molecule has 6 nitrogen and oxygen atoms in total. The van der Waals surface area contributed by atoms with Gasteiger partial charge in [0.2, 0.25) is 5.95 Å². The van der Waals surface area contributed by atoms with Gasteiger partial charge >= 0.3 is 5.97 Å². The van der Waals surface area contributed by atoms with Gasteiger partial charge in [-0.3, -0.25) is 0 Å². The van der Waals surface area contributed by atoms with Gasteiger partial charge in [-0.25, -0.2) is 9.78 Å². The predicted octanol–water partition coefficient (Wildman–Crippen LogP) is 1.81. The van der Waals surface area contributed by atoms with Crippen LogP contribution >= 0.6 is 0 Å². The largest absolute Gasteiger partial charge is 0.478 e. The summed E-state index contributed by atoms with van der Waals surface area (Å²) in [4.78, 5) is 18.7. The molecule has 0 unspecified atom stereocenters. The predicted molar refractivity (Wildman–Crippen MR) is 67.9 cm³/mol. The number of carboxylic acids is 1. The first-order chi connectivity index (χ1) is 8.54. The van der Waals surface area contributed by atoms with Gasteiger partial charge in [-0.15, -0.1) is 0 Å². The number of rotatable bonds is 3. The first-order valence-corrected chi connectivity index (χ1v) is 5.26. The van der Waals surface area contributed by atoms with Crippen LogP contribution in [0.2, 0.25) is 0 Å². The van der Waals surface area contributed by atoms with Crippen molar-refractivity contribution in [2.24, 2.45) is 0 Å². The molecule has 0 atom stereocenters. The van der Waals surface area contributed by atoms with Gasteiger partial charge in [0.05, 0.1) is 5.56 Å². The lowest BCUT2D eigenvalue weighted by molar-refractivity contribution is 0.0697. The maximum absolute atomic E-state index is 10.7. The highest BCUT2D eigenvalue weighted by Crippen LogP contribution is 2.16. The number of carbonyl (C=O) groups is 1. The SMILES string of the molecule is Cc1cc(Nc2ccc(C(=O)O)cc2)nc(N)n1. The summed E-state index contributed by atoms with van der Waals surface area (Å²) in [6.45, 7) is 1.82. The Hall–Kier alpha value is -2.63. The van der Waals surface area contributed by atoms with Crippen molar-refractivity contribution in [3.05, 3.63) is 41.6 Å². The maximum Gasteiger partial charge on any atom is 0.335 e. The Morgan fingerprint density at radius 2 is 1.94 bits per heavy atom. The summed E-state index contributed by atoms with van der Waals surface area (Å²) in [6, 6.07) is 8.11. The Labute approximate surface area is 104 Å². The minimum absolute atomic E-state index is 0.194. The fourth-order valence-corrected chi connectivity index (χ4v) is 1.50. The average molecular weight is 244 g/mol. The van der Waals surface area contributed by atoms with E-state index >= 15 is 0 Å². The van der Waals surface area contributed by atoms with Crippen molar-refractivity contribution in [2.75, 3.05) is 11.1 Å². The van der Waals surface area contributed by atoms with Gasteiger partial charge in [-0.1, -0.05) is 0 Å². The van der Waals surface area contributed by atoms with E-state index in [0.29, 0.717) is 5.82 Å². The number of nitrogens with zero attached hydrogens (tertiary/aromatic N) is 2. The molecule has 18 heavy (non-hydrogen) atoms. The molecule has 2 rings (SSSR count). The molecule has 1 aromatic carbocycles. The first kappa shape index (κ1) is 11.8. The third kappa shape index (κ3) is 2.73. The zero-order chi connectivity index (χ0) is 13.1. The van der Waals surface area contributed by atoms with Crippen LogP contribution in [-0.2, 0) is 0 Å². The first-order valence-electron chi connectivity index (χ1n) is 5.26. The van der Waals surface area contributed by atoms with E-state index in [1.807, 2.05) is 6.92 Å². The summed E-state index contributed by atoms with van der Waals surface area (Å²) in [6.07, 6.45) is 0. The summed E-state index contributed by atoms with van der Waals surface area (Å²) >= 11 is 0. The second kappa shape index (κ2) is 4.70. The van der Waals surface area contributed by atoms with Crippen LogP contribution in [0, 0.1) is 6.92 Å². The van der Waals surface area contributed by atoms with Crippen molar-refractivity contribution in [3.8, 4) is 0 Å². The molecule has 0 aliphatic heterocycles. The monoisotopic (exact) mass is 244 g/mol. The molecule has 0 spiro atoms. The summed E-state index contributed by atoms with van der Waals surface area (Å²) in [5, 5.41) is 11.8. The lowest BCUT2D eigenvalue weighted by Crippen LogP contribution is -2.01. The Morgan fingerprint density at radius 1 is 1.28 bits per heavy atom. The Kier molecular flexibility index (Phi) is 3.09. The molecule has 1 aromatic heterocycles. The van der Waals surface area contributed by atoms with Gasteiger partial charge in [0, 0.05) is 17.4 Å². The van der Waals surface area contributed by atoms with E-state index in [2.05, 4.69) is 15.3 Å². The van der Waals surface area contributed by atoms with Crippen molar-refractivity contribution in [2.45, 2.75) is 6.92 Å². The van der Waals surface area contributed by atoms with E-state index in [1.54, 1.807) is 18.2 Å². The Bertz CT molecular complexity index is 561. The van der Waals surface area contributed by atoms with Crippen LogP contribution in [0.4, 0.5) is 17.5 Å². The highest BCUT2D eigenvalue weighted by atomic mass is 16.4. The van der Waals surface area contributed by atoms with Crippen LogP contribution in [0.1, 0.15) is 16.1 Å². The molecule has 92 valence electrons. The van der Waals surface area contributed by atoms with Crippen LogP contribution in [-0.4, -0.2) is 21.0 Å². The summed E-state index contributed by atoms with van der Waals surface area (Å²) < 4.78 is 0. The van der Waals surface area contributed by atoms with E-state index in [-0.39, 0.29) is 11.5 Å². The molecular weight excluding hydrogens is 232 g/mol. The average Bonchev–Trinajstić information content (AvgIpc) is 2.28. The summed E-state index contributed by atoms with van der Waals surface area (Å²) in [5.74, 6) is -0.189. The zero-order valence-electron chi connectivity index (χ0n) is 9.71. The quantitative estimate of drug-likeness (QED) is 0.761. The lowest BCUT2D eigenvalue weighted by Gasteiger charge is -2.07. The minimum atomic E-state index is -0.955. The third-order valence-corrected chi connectivity index (χ3v) is 2.28. The van der Waals surface area contributed by atoms with E-state index in [1.165, 1.54) is 12.1 Å².